The minimum Gasteiger partial charge on any atom is -0.478 e. The van der Waals surface area contributed by atoms with Gasteiger partial charge in [0, 0.05) is 12.2 Å². The normalized spacial score (nSPS) is 11.6. The molecule has 0 aromatic rings. The van der Waals surface area contributed by atoms with Crippen LogP contribution in [-0.2, 0) is 24.7 Å². The topological polar surface area (TPSA) is 199 Å². The van der Waals surface area contributed by atoms with E-state index in [9.17, 15) is 9.59 Å². The maximum atomic E-state index is 9.25. The Morgan fingerprint density at radius 3 is 1.46 bits per heavy atom. The summed E-state index contributed by atoms with van der Waals surface area (Å²) in [6.07, 6.45) is 1.05. The molecule has 0 heterocycles. The van der Waals surface area contributed by atoms with Crippen molar-refractivity contribution in [2.75, 3.05) is 13.2 Å². The van der Waals surface area contributed by atoms with Crippen LogP contribution in [0.5, 0.6) is 0 Å². The average Bonchev–Trinajstić information content (AvgIpc) is 2.44. The molecule has 6 N–H and O–H groups in total. The summed E-state index contributed by atoms with van der Waals surface area (Å²) in [6, 6.07) is 0. The van der Waals surface area contributed by atoms with E-state index in [1.807, 2.05) is 0 Å². The summed E-state index contributed by atoms with van der Waals surface area (Å²) >= 11 is 0. The Bertz CT molecular complexity index is 416. The molecule has 0 aliphatic heterocycles. The highest BCUT2D eigenvalue weighted by Gasteiger charge is 2.00. The molecule has 0 saturated heterocycles. The Morgan fingerprint density at radius 2 is 1.33 bits per heavy atom. The number of hydrogen-bond donors (Lipinski definition) is 6. The highest BCUT2D eigenvalue weighted by atomic mass is 32.3. The summed E-state index contributed by atoms with van der Waals surface area (Å²) < 4.78 is 36.5. The zero-order chi connectivity index (χ0) is 20.3. The molecule has 0 radical (unpaired) electrons. The van der Waals surface area contributed by atoms with E-state index in [-0.39, 0.29) is 12.7 Å². The predicted octanol–water partition coefficient (Wildman–Crippen LogP) is -0.374. The fourth-order valence-electron chi connectivity index (χ4n) is 0.356. The SMILES string of the molecule is C=CC(=O)O.C=CC(=O)O.CC(O)COC(C)CO.O=S(=O)(O)O. The molecule has 2 atom stereocenters. The molecule has 0 rings (SSSR count). The summed E-state index contributed by atoms with van der Waals surface area (Å²) in [5.74, 6) is -1.96. The number of carboxylic acids is 2. The van der Waals surface area contributed by atoms with E-state index in [2.05, 4.69) is 13.2 Å². The van der Waals surface area contributed by atoms with Gasteiger partial charge in [-0.1, -0.05) is 13.2 Å². The highest BCUT2D eigenvalue weighted by molar-refractivity contribution is 7.79. The zero-order valence-electron chi connectivity index (χ0n) is 13.3. The summed E-state index contributed by atoms with van der Waals surface area (Å²) in [7, 11) is -4.67. The monoisotopic (exact) mass is 376 g/mol. The fraction of sp³-hybridized carbons (Fsp3) is 0.500. The largest absolute Gasteiger partial charge is 0.478 e. The number of aliphatic hydroxyl groups excluding tert-OH is 2. The van der Waals surface area contributed by atoms with E-state index >= 15 is 0 Å². The van der Waals surface area contributed by atoms with Crippen LogP contribution in [0.2, 0.25) is 0 Å². The van der Waals surface area contributed by atoms with Crippen molar-refractivity contribution < 1.29 is 52.3 Å². The van der Waals surface area contributed by atoms with Gasteiger partial charge >= 0.3 is 22.3 Å². The molecule has 11 nitrogen and oxygen atoms in total. The van der Waals surface area contributed by atoms with E-state index in [1.165, 1.54) is 0 Å². The van der Waals surface area contributed by atoms with Crippen LogP contribution in [0.3, 0.4) is 0 Å². The van der Waals surface area contributed by atoms with Gasteiger partial charge in [-0.2, -0.15) is 8.42 Å². The summed E-state index contributed by atoms with van der Waals surface area (Å²) in [6.45, 7) is 9.62. The first kappa shape index (κ1) is 30.1. The number of carboxylic acid groups (broad SMARTS) is 2. The smallest absolute Gasteiger partial charge is 0.394 e. The molecule has 0 aromatic carbocycles. The minimum atomic E-state index is -4.67. The molecule has 2 unspecified atom stereocenters. The maximum absolute atomic E-state index is 9.25. The van der Waals surface area contributed by atoms with Crippen molar-refractivity contribution in [1.82, 2.24) is 0 Å². The van der Waals surface area contributed by atoms with Crippen LogP contribution in [0.25, 0.3) is 0 Å². The van der Waals surface area contributed by atoms with Crippen molar-refractivity contribution in [3.05, 3.63) is 25.3 Å². The molecule has 12 heteroatoms. The molecule has 0 aromatic heterocycles. The third-order valence-electron chi connectivity index (χ3n) is 1.23. The van der Waals surface area contributed by atoms with Crippen LogP contribution in [0.1, 0.15) is 13.8 Å². The third-order valence-corrected chi connectivity index (χ3v) is 1.23. The van der Waals surface area contributed by atoms with Crippen molar-refractivity contribution in [2.45, 2.75) is 26.1 Å². The van der Waals surface area contributed by atoms with Gasteiger partial charge in [-0.25, -0.2) is 9.59 Å². The van der Waals surface area contributed by atoms with Gasteiger partial charge in [0.05, 0.1) is 25.4 Å². The molecule has 0 saturated carbocycles. The zero-order valence-corrected chi connectivity index (χ0v) is 14.1. The average molecular weight is 376 g/mol. The van der Waals surface area contributed by atoms with Gasteiger partial charge in [0.1, 0.15) is 0 Å². The second-order valence-electron chi connectivity index (χ2n) is 3.71. The van der Waals surface area contributed by atoms with Crippen molar-refractivity contribution >= 4 is 22.3 Å². The van der Waals surface area contributed by atoms with Crippen LogP contribution in [0, 0.1) is 0 Å². The second kappa shape index (κ2) is 19.2. The molecule has 0 aliphatic carbocycles. The molecule has 0 amide bonds. The van der Waals surface area contributed by atoms with E-state index < -0.39 is 28.4 Å². The van der Waals surface area contributed by atoms with Gasteiger partial charge in [-0.15, -0.1) is 0 Å². The van der Waals surface area contributed by atoms with Crippen LogP contribution in [0.4, 0.5) is 0 Å². The quantitative estimate of drug-likeness (QED) is 0.261. The Hall–Kier alpha value is -1.83. The van der Waals surface area contributed by atoms with E-state index in [4.69, 9.17) is 42.7 Å². The summed E-state index contributed by atoms with van der Waals surface area (Å²) in [5, 5.41) is 32.3. The first-order valence-corrected chi connectivity index (χ1v) is 7.41. The van der Waals surface area contributed by atoms with Crippen molar-refractivity contribution in [1.29, 1.82) is 0 Å². The second-order valence-corrected chi connectivity index (χ2v) is 4.60. The molecule has 0 bridgehead atoms. The lowest BCUT2D eigenvalue weighted by molar-refractivity contribution is -0.132. The predicted molar refractivity (Wildman–Crippen MR) is 84.0 cm³/mol. The Labute approximate surface area is 140 Å². The number of carbonyl (C=O) groups is 2. The van der Waals surface area contributed by atoms with Crippen LogP contribution in [0.15, 0.2) is 25.3 Å². The molecule has 0 spiro atoms. The number of aliphatic carboxylic acids is 2. The first-order chi connectivity index (χ1) is 10.7. The number of hydrogen-bond acceptors (Lipinski definition) is 7. The number of rotatable bonds is 6. The Morgan fingerprint density at radius 1 is 1.08 bits per heavy atom. The molecule has 144 valence electrons. The van der Waals surface area contributed by atoms with Gasteiger partial charge in [0.15, 0.2) is 0 Å². The molecule has 0 aliphatic rings. The first-order valence-electron chi connectivity index (χ1n) is 6.02. The number of ether oxygens (including phenoxy) is 1. The van der Waals surface area contributed by atoms with Crippen molar-refractivity contribution in [3.63, 3.8) is 0 Å². The fourth-order valence-corrected chi connectivity index (χ4v) is 0.356. The van der Waals surface area contributed by atoms with E-state index in [0.717, 1.165) is 12.2 Å². The van der Waals surface area contributed by atoms with Crippen LogP contribution < -0.4 is 0 Å². The Kier molecular flexibility index (Phi) is 24.1. The van der Waals surface area contributed by atoms with E-state index in [1.54, 1.807) is 13.8 Å². The van der Waals surface area contributed by atoms with Crippen molar-refractivity contribution in [3.8, 4) is 0 Å². The maximum Gasteiger partial charge on any atom is 0.394 e. The van der Waals surface area contributed by atoms with E-state index in [0.29, 0.717) is 6.61 Å². The van der Waals surface area contributed by atoms with Crippen LogP contribution >= 0.6 is 0 Å². The Balaban J connectivity index is -0.000000116. The lowest BCUT2D eigenvalue weighted by Crippen LogP contribution is -2.19. The van der Waals surface area contributed by atoms with Crippen LogP contribution in [-0.4, -0.2) is 75.3 Å². The highest BCUT2D eigenvalue weighted by Crippen LogP contribution is 1.90. The van der Waals surface area contributed by atoms with Gasteiger partial charge < -0.3 is 25.2 Å². The van der Waals surface area contributed by atoms with Gasteiger partial charge in [0.2, 0.25) is 0 Å². The van der Waals surface area contributed by atoms with Gasteiger partial charge in [0.25, 0.3) is 0 Å². The van der Waals surface area contributed by atoms with Crippen molar-refractivity contribution in [2.24, 2.45) is 0 Å². The molecule has 24 heavy (non-hydrogen) atoms. The standard InChI is InChI=1S/C6H14O3.2C3H4O2.H2O4S/c1-5(8)4-9-6(2)3-7;2*1-2-3(4)5;1-5(2,3)4/h5-8H,3-4H2,1-2H3;2*2H,1H2,(H,4,5);(H2,1,2,3,4). The minimum absolute atomic E-state index is 0.00667. The van der Waals surface area contributed by atoms with Gasteiger partial charge in [-0.05, 0) is 13.8 Å². The van der Waals surface area contributed by atoms with Gasteiger partial charge in [-0.3, -0.25) is 9.11 Å². The third kappa shape index (κ3) is 88.1. The summed E-state index contributed by atoms with van der Waals surface area (Å²) in [5.41, 5.74) is 0. The summed E-state index contributed by atoms with van der Waals surface area (Å²) in [4.78, 5) is 18.5. The molecular formula is C12H24O11S. The molecular weight excluding hydrogens is 352 g/mol. The lowest BCUT2D eigenvalue weighted by atomic mass is 10.4. The number of aliphatic hydroxyl groups is 2. The molecule has 0 fully saturated rings. The lowest BCUT2D eigenvalue weighted by Gasteiger charge is -2.10.